The van der Waals surface area contributed by atoms with Gasteiger partial charge in [0.05, 0.1) is 0 Å². The molecule has 1 heterocycles. The second kappa shape index (κ2) is 4.26. The Morgan fingerprint density at radius 3 is 2.71 bits per heavy atom. The van der Waals surface area contributed by atoms with Gasteiger partial charge in [-0.2, -0.15) is 13.2 Å². The van der Waals surface area contributed by atoms with Gasteiger partial charge < -0.3 is 5.32 Å². The van der Waals surface area contributed by atoms with Gasteiger partial charge in [-0.3, -0.25) is 0 Å². The van der Waals surface area contributed by atoms with Crippen molar-refractivity contribution in [3.05, 3.63) is 18.1 Å². The van der Waals surface area contributed by atoms with E-state index in [-0.39, 0.29) is 5.82 Å². The zero-order valence-corrected chi connectivity index (χ0v) is 7.60. The number of anilines is 1. The van der Waals surface area contributed by atoms with Crippen LogP contribution in [-0.4, -0.2) is 22.7 Å². The Labute approximate surface area is 79.4 Å². The van der Waals surface area contributed by atoms with Gasteiger partial charge in [0, 0.05) is 12.7 Å². The van der Waals surface area contributed by atoms with Gasteiger partial charge in [0.15, 0.2) is 0 Å². The zero-order valence-electron chi connectivity index (χ0n) is 7.60. The molecule has 3 nitrogen and oxygen atoms in total. The highest BCUT2D eigenvalue weighted by Gasteiger charge is 2.29. The van der Waals surface area contributed by atoms with Gasteiger partial charge >= 0.3 is 6.18 Å². The average Bonchev–Trinajstić information content (AvgIpc) is 2.02. The predicted octanol–water partition coefficient (Wildman–Crippen LogP) is 2.01. The highest BCUT2D eigenvalue weighted by molar-refractivity contribution is 5.32. The smallest absolute Gasteiger partial charge is 0.370 e. The van der Waals surface area contributed by atoms with Gasteiger partial charge in [-0.25, -0.2) is 9.97 Å². The summed E-state index contributed by atoms with van der Waals surface area (Å²) in [6, 6.07) is 1.53. The van der Waals surface area contributed by atoms with Crippen LogP contribution in [-0.2, 0) is 6.42 Å². The van der Waals surface area contributed by atoms with Gasteiger partial charge in [-0.05, 0) is 13.0 Å². The van der Waals surface area contributed by atoms with Gasteiger partial charge in [-0.15, -0.1) is 0 Å². The van der Waals surface area contributed by atoms with Crippen LogP contribution in [0.4, 0.5) is 19.0 Å². The monoisotopic (exact) mass is 205 g/mol. The molecule has 0 radical (unpaired) electrons. The number of rotatable bonds is 3. The Balaban J connectivity index is 2.73. The lowest BCUT2D eigenvalue weighted by Gasteiger charge is -2.06. The molecular weight excluding hydrogens is 195 g/mol. The first-order valence-electron chi connectivity index (χ1n) is 4.14. The second-order valence-electron chi connectivity index (χ2n) is 2.68. The van der Waals surface area contributed by atoms with E-state index in [1.807, 2.05) is 6.92 Å². The molecule has 0 spiro atoms. The molecule has 0 atom stereocenters. The summed E-state index contributed by atoms with van der Waals surface area (Å²) in [6.45, 7) is 2.45. The molecule has 0 unspecified atom stereocenters. The number of nitrogens with one attached hydrogen (secondary N) is 1. The Morgan fingerprint density at radius 2 is 2.14 bits per heavy atom. The average molecular weight is 205 g/mol. The molecule has 0 aliphatic rings. The standard InChI is InChI=1S/C8H10F3N3/c1-2-12-6-3-4-13-7(14-6)5-8(9,10)11/h3-4H,2,5H2,1H3,(H,12,13,14). The van der Waals surface area contributed by atoms with Crippen LogP contribution in [0.15, 0.2) is 12.3 Å². The molecule has 0 amide bonds. The fourth-order valence-electron chi connectivity index (χ4n) is 0.943. The van der Waals surface area contributed by atoms with Crippen molar-refractivity contribution in [3.8, 4) is 0 Å². The summed E-state index contributed by atoms with van der Waals surface area (Å²) in [5.74, 6) is 0.206. The molecule has 0 saturated carbocycles. The van der Waals surface area contributed by atoms with Crippen molar-refractivity contribution in [2.75, 3.05) is 11.9 Å². The molecular formula is C8H10F3N3. The van der Waals surface area contributed by atoms with Crippen LogP contribution in [0.25, 0.3) is 0 Å². The molecule has 0 aliphatic carbocycles. The lowest BCUT2D eigenvalue weighted by atomic mass is 10.4. The van der Waals surface area contributed by atoms with E-state index in [0.29, 0.717) is 12.4 Å². The van der Waals surface area contributed by atoms with Crippen molar-refractivity contribution in [1.29, 1.82) is 0 Å². The van der Waals surface area contributed by atoms with Crippen LogP contribution in [0, 0.1) is 0 Å². The van der Waals surface area contributed by atoms with Crippen molar-refractivity contribution in [2.24, 2.45) is 0 Å². The largest absolute Gasteiger partial charge is 0.396 e. The maximum absolute atomic E-state index is 12.0. The molecule has 0 bridgehead atoms. The Bertz CT molecular complexity index is 298. The molecule has 0 fully saturated rings. The van der Waals surface area contributed by atoms with Crippen LogP contribution < -0.4 is 5.32 Å². The fourth-order valence-corrected chi connectivity index (χ4v) is 0.943. The van der Waals surface area contributed by atoms with Crippen molar-refractivity contribution >= 4 is 5.82 Å². The lowest BCUT2D eigenvalue weighted by Crippen LogP contribution is -2.14. The molecule has 0 aromatic carbocycles. The minimum atomic E-state index is -4.26. The van der Waals surface area contributed by atoms with Crippen LogP contribution in [0.5, 0.6) is 0 Å². The minimum absolute atomic E-state index is 0.212. The van der Waals surface area contributed by atoms with E-state index in [2.05, 4.69) is 15.3 Å². The summed E-state index contributed by atoms with van der Waals surface area (Å²) < 4.78 is 35.9. The van der Waals surface area contributed by atoms with E-state index < -0.39 is 12.6 Å². The molecule has 78 valence electrons. The summed E-state index contributed by atoms with van der Waals surface area (Å²) >= 11 is 0. The first kappa shape index (κ1) is 10.7. The highest BCUT2D eigenvalue weighted by atomic mass is 19.4. The van der Waals surface area contributed by atoms with E-state index in [4.69, 9.17) is 0 Å². The third kappa shape index (κ3) is 3.59. The van der Waals surface area contributed by atoms with Gasteiger partial charge in [0.25, 0.3) is 0 Å². The summed E-state index contributed by atoms with van der Waals surface area (Å²) in [5.41, 5.74) is 0. The molecule has 14 heavy (non-hydrogen) atoms. The summed E-state index contributed by atoms with van der Waals surface area (Å²) in [6.07, 6.45) is -4.04. The molecule has 6 heteroatoms. The Kier molecular flexibility index (Phi) is 3.27. The summed E-state index contributed by atoms with van der Waals surface area (Å²) in [4.78, 5) is 7.24. The number of halogens is 3. The van der Waals surface area contributed by atoms with E-state index in [9.17, 15) is 13.2 Å². The summed E-state index contributed by atoms with van der Waals surface area (Å²) in [7, 11) is 0. The minimum Gasteiger partial charge on any atom is -0.370 e. The van der Waals surface area contributed by atoms with Crippen LogP contribution >= 0.6 is 0 Å². The van der Waals surface area contributed by atoms with Crippen LogP contribution in [0.2, 0.25) is 0 Å². The van der Waals surface area contributed by atoms with Crippen molar-refractivity contribution in [2.45, 2.75) is 19.5 Å². The van der Waals surface area contributed by atoms with Crippen LogP contribution in [0.1, 0.15) is 12.7 Å². The molecule has 1 aromatic heterocycles. The lowest BCUT2D eigenvalue weighted by molar-refractivity contribution is -0.128. The summed E-state index contributed by atoms with van der Waals surface area (Å²) in [5, 5.41) is 2.82. The predicted molar refractivity (Wildman–Crippen MR) is 46.0 cm³/mol. The highest BCUT2D eigenvalue weighted by Crippen LogP contribution is 2.19. The van der Waals surface area contributed by atoms with E-state index in [1.54, 1.807) is 0 Å². The SMILES string of the molecule is CCNc1ccnc(CC(F)(F)F)n1. The third-order valence-corrected chi connectivity index (χ3v) is 1.42. The molecule has 0 saturated heterocycles. The van der Waals surface area contributed by atoms with Crippen molar-refractivity contribution in [1.82, 2.24) is 9.97 Å². The number of alkyl halides is 3. The topological polar surface area (TPSA) is 37.8 Å². The number of nitrogens with zero attached hydrogens (tertiary/aromatic N) is 2. The van der Waals surface area contributed by atoms with Gasteiger partial charge in [-0.1, -0.05) is 0 Å². The number of hydrogen-bond donors (Lipinski definition) is 1. The maximum atomic E-state index is 12.0. The number of aromatic nitrogens is 2. The third-order valence-electron chi connectivity index (χ3n) is 1.42. The first-order chi connectivity index (χ1) is 6.51. The van der Waals surface area contributed by atoms with E-state index in [1.165, 1.54) is 12.3 Å². The molecule has 1 N–H and O–H groups in total. The molecule has 1 rings (SSSR count). The van der Waals surface area contributed by atoms with Gasteiger partial charge in [0.2, 0.25) is 0 Å². The number of hydrogen-bond acceptors (Lipinski definition) is 3. The van der Waals surface area contributed by atoms with Crippen LogP contribution in [0.3, 0.4) is 0 Å². The van der Waals surface area contributed by atoms with Gasteiger partial charge in [0.1, 0.15) is 18.1 Å². The van der Waals surface area contributed by atoms with Crippen molar-refractivity contribution < 1.29 is 13.2 Å². The maximum Gasteiger partial charge on any atom is 0.396 e. The molecule has 0 aliphatic heterocycles. The van der Waals surface area contributed by atoms with E-state index >= 15 is 0 Å². The second-order valence-corrected chi connectivity index (χ2v) is 2.68. The fraction of sp³-hybridized carbons (Fsp3) is 0.500. The van der Waals surface area contributed by atoms with Crippen molar-refractivity contribution in [3.63, 3.8) is 0 Å². The molecule has 1 aromatic rings. The quantitative estimate of drug-likeness (QED) is 0.820. The van der Waals surface area contributed by atoms with E-state index in [0.717, 1.165) is 0 Å². The zero-order chi connectivity index (χ0) is 10.6. The normalized spacial score (nSPS) is 11.4. The Hall–Kier alpha value is -1.33. The first-order valence-corrected chi connectivity index (χ1v) is 4.14. The Morgan fingerprint density at radius 1 is 1.43 bits per heavy atom.